The number of halogens is 3. The summed E-state index contributed by atoms with van der Waals surface area (Å²) in [7, 11) is 0. The Bertz CT molecular complexity index is 1520. The molecule has 12 nitrogen and oxygen atoms in total. The average molecular weight is 567 g/mol. The molecule has 4 aromatic rings. The number of amides is 1. The number of benzene rings is 1. The first-order valence-electron chi connectivity index (χ1n) is 11.8. The van der Waals surface area contributed by atoms with E-state index in [1.54, 1.807) is 16.0 Å². The van der Waals surface area contributed by atoms with Crippen molar-refractivity contribution < 1.29 is 42.8 Å². The second kappa shape index (κ2) is 9.65. The standard InChI is InChI=1S/C23H21F3N6O6S/c24-11-5-10(6-12(25)17(11)26)13-8-32(30-29-13)18-19(34)15(9-33)38-23(20(18)35)16(1-3-37-23)28-21(36)14-7-27-22-31(14)2-4-39-22/h2,4-8,15-16,18-20,33-35H,1,3,9H2,(H,28,36)/t15-,16-,18+,19+,20-,23+/m1/s1. The third kappa shape index (κ3) is 4.11. The third-order valence-electron chi connectivity index (χ3n) is 6.98. The molecule has 0 saturated carbocycles. The van der Waals surface area contributed by atoms with Gasteiger partial charge < -0.3 is 30.1 Å². The number of imidazole rings is 1. The topological polar surface area (TPSA) is 156 Å². The molecular formula is C23H21F3N6O6S. The number of aliphatic hydroxyl groups excluding tert-OH is 3. The highest BCUT2D eigenvalue weighted by molar-refractivity contribution is 7.15. The minimum Gasteiger partial charge on any atom is -0.394 e. The van der Waals surface area contributed by atoms with Gasteiger partial charge in [-0.1, -0.05) is 5.21 Å². The summed E-state index contributed by atoms with van der Waals surface area (Å²) in [5.41, 5.74) is 0.0319. The molecule has 2 saturated heterocycles. The number of aromatic nitrogens is 5. The first-order chi connectivity index (χ1) is 18.7. The zero-order chi connectivity index (χ0) is 27.5. The quantitative estimate of drug-likeness (QED) is 0.255. The van der Waals surface area contributed by atoms with Gasteiger partial charge in [-0.15, -0.1) is 16.4 Å². The van der Waals surface area contributed by atoms with Crippen molar-refractivity contribution in [3.8, 4) is 11.3 Å². The predicted octanol–water partition coefficient (Wildman–Crippen LogP) is 0.641. The number of ether oxygens (including phenoxy) is 2. The first kappa shape index (κ1) is 25.8. The van der Waals surface area contributed by atoms with Gasteiger partial charge in [0.15, 0.2) is 22.4 Å². The van der Waals surface area contributed by atoms with Gasteiger partial charge in [-0.05, 0) is 18.6 Å². The average Bonchev–Trinajstić information content (AvgIpc) is 3.70. The normalized spacial score (nSPS) is 28.9. The van der Waals surface area contributed by atoms with Crippen molar-refractivity contribution in [1.29, 1.82) is 0 Å². The number of nitrogens with one attached hydrogen (secondary N) is 1. The monoisotopic (exact) mass is 566 g/mol. The Morgan fingerprint density at radius 2 is 2.03 bits per heavy atom. The van der Waals surface area contributed by atoms with Crippen LogP contribution in [0.5, 0.6) is 0 Å². The van der Waals surface area contributed by atoms with Gasteiger partial charge >= 0.3 is 0 Å². The Labute approximate surface area is 221 Å². The summed E-state index contributed by atoms with van der Waals surface area (Å²) < 4.78 is 55.3. The van der Waals surface area contributed by atoms with E-state index in [0.29, 0.717) is 4.96 Å². The molecule has 0 radical (unpaired) electrons. The number of rotatable bonds is 5. The number of carbonyl (C=O) groups excluding carboxylic acids is 1. The number of thiazole rings is 1. The van der Waals surface area contributed by atoms with Crippen LogP contribution in [0.25, 0.3) is 16.2 Å². The Kier molecular flexibility index (Phi) is 6.40. The van der Waals surface area contributed by atoms with E-state index in [0.717, 1.165) is 16.8 Å². The van der Waals surface area contributed by atoms with E-state index in [4.69, 9.17) is 9.47 Å². The maximum atomic E-state index is 13.8. The maximum absolute atomic E-state index is 13.8. The number of aliphatic hydroxyl groups is 3. The van der Waals surface area contributed by atoms with Crippen molar-refractivity contribution in [2.24, 2.45) is 0 Å². The van der Waals surface area contributed by atoms with Crippen molar-refractivity contribution in [2.75, 3.05) is 13.2 Å². The second-order valence-electron chi connectivity index (χ2n) is 9.19. The molecule has 1 aromatic carbocycles. The number of fused-ring (bicyclic) bond motifs is 1. The lowest BCUT2D eigenvalue weighted by Gasteiger charge is -2.49. The van der Waals surface area contributed by atoms with Gasteiger partial charge in [-0.25, -0.2) is 22.8 Å². The highest BCUT2D eigenvalue weighted by Crippen LogP contribution is 2.43. The van der Waals surface area contributed by atoms with Crippen LogP contribution >= 0.6 is 11.3 Å². The number of carbonyl (C=O) groups is 1. The lowest BCUT2D eigenvalue weighted by molar-refractivity contribution is -0.344. The zero-order valence-electron chi connectivity index (χ0n) is 19.8. The summed E-state index contributed by atoms with van der Waals surface area (Å²) >= 11 is 1.35. The molecular weight excluding hydrogens is 545 g/mol. The molecule has 0 bridgehead atoms. The van der Waals surface area contributed by atoms with E-state index in [-0.39, 0.29) is 30.0 Å². The molecule has 16 heteroatoms. The van der Waals surface area contributed by atoms with E-state index < -0.39 is 66.1 Å². The molecule has 6 rings (SSSR count). The second-order valence-corrected chi connectivity index (χ2v) is 10.1. The largest absolute Gasteiger partial charge is 0.394 e. The summed E-state index contributed by atoms with van der Waals surface area (Å²) in [4.78, 5) is 17.9. The van der Waals surface area contributed by atoms with Gasteiger partial charge in [0, 0.05) is 17.1 Å². The van der Waals surface area contributed by atoms with Gasteiger partial charge in [0.05, 0.1) is 31.6 Å². The highest BCUT2D eigenvalue weighted by Gasteiger charge is 2.62. The minimum absolute atomic E-state index is 0.0694. The fourth-order valence-electron chi connectivity index (χ4n) is 5.07. The van der Waals surface area contributed by atoms with Crippen molar-refractivity contribution in [3.05, 3.63) is 59.2 Å². The molecule has 3 aromatic heterocycles. The molecule has 1 amide bonds. The minimum atomic E-state index is -1.90. The number of nitrogens with zero attached hydrogens (tertiary/aromatic N) is 5. The lowest BCUT2D eigenvalue weighted by atomic mass is 9.86. The molecule has 4 N–H and O–H groups in total. The molecule has 5 heterocycles. The summed E-state index contributed by atoms with van der Waals surface area (Å²) in [5.74, 6) is -6.91. The number of hydrogen-bond acceptors (Lipinski definition) is 10. The van der Waals surface area contributed by atoms with Crippen molar-refractivity contribution in [3.63, 3.8) is 0 Å². The summed E-state index contributed by atoms with van der Waals surface area (Å²) in [6, 6.07) is -0.789. The van der Waals surface area contributed by atoms with Crippen LogP contribution in [-0.4, -0.2) is 89.0 Å². The van der Waals surface area contributed by atoms with E-state index in [1.165, 1.54) is 23.7 Å². The van der Waals surface area contributed by atoms with Crippen LogP contribution in [0.3, 0.4) is 0 Å². The van der Waals surface area contributed by atoms with E-state index >= 15 is 0 Å². The SMILES string of the molecule is O=C(N[C@@H]1CCO[C@]12O[C@H](CO)[C@H](O)[C@H](n1cc(-c3cc(F)c(F)c(F)c3)nn1)[C@H]2O)c1cnc2sccn12. The van der Waals surface area contributed by atoms with Crippen LogP contribution in [0.15, 0.2) is 36.1 Å². The molecule has 0 aliphatic carbocycles. The smallest absolute Gasteiger partial charge is 0.270 e. The van der Waals surface area contributed by atoms with Crippen LogP contribution in [-0.2, 0) is 9.47 Å². The Balaban J connectivity index is 1.32. The molecule has 39 heavy (non-hydrogen) atoms. The lowest BCUT2D eigenvalue weighted by Crippen LogP contribution is -2.69. The third-order valence-corrected chi connectivity index (χ3v) is 7.75. The van der Waals surface area contributed by atoms with E-state index in [1.807, 2.05) is 0 Å². The zero-order valence-corrected chi connectivity index (χ0v) is 20.6. The fourth-order valence-corrected chi connectivity index (χ4v) is 5.76. The molecule has 0 unspecified atom stereocenters. The van der Waals surface area contributed by atoms with Crippen LogP contribution in [0, 0.1) is 17.5 Å². The van der Waals surface area contributed by atoms with Gasteiger partial charge in [-0.3, -0.25) is 9.20 Å². The van der Waals surface area contributed by atoms with E-state index in [2.05, 4.69) is 20.6 Å². The maximum Gasteiger partial charge on any atom is 0.270 e. The van der Waals surface area contributed by atoms with Crippen LogP contribution < -0.4 is 5.32 Å². The molecule has 206 valence electrons. The molecule has 1 spiro atoms. The molecule has 2 aliphatic heterocycles. The summed E-state index contributed by atoms with van der Waals surface area (Å²) in [6.07, 6.45) is 0.0410. The van der Waals surface area contributed by atoms with Crippen molar-refractivity contribution >= 4 is 22.2 Å². The van der Waals surface area contributed by atoms with Crippen LogP contribution in [0.4, 0.5) is 13.2 Å². The van der Waals surface area contributed by atoms with Gasteiger partial charge in [0.2, 0.25) is 5.79 Å². The van der Waals surface area contributed by atoms with Gasteiger partial charge in [0.25, 0.3) is 5.91 Å². The summed E-state index contributed by atoms with van der Waals surface area (Å²) in [6.45, 7) is -0.607. The molecule has 2 aliphatic rings. The van der Waals surface area contributed by atoms with Crippen LogP contribution in [0.2, 0.25) is 0 Å². The fraction of sp³-hybridized carbons (Fsp3) is 0.391. The molecule has 2 fully saturated rings. The Morgan fingerprint density at radius 3 is 2.77 bits per heavy atom. The van der Waals surface area contributed by atoms with Crippen LogP contribution in [0.1, 0.15) is 23.0 Å². The van der Waals surface area contributed by atoms with Crippen molar-refractivity contribution in [1.82, 2.24) is 29.7 Å². The van der Waals surface area contributed by atoms with Gasteiger partial charge in [-0.2, -0.15) is 0 Å². The Morgan fingerprint density at radius 1 is 1.26 bits per heavy atom. The highest BCUT2D eigenvalue weighted by atomic mass is 32.1. The summed E-state index contributed by atoms with van der Waals surface area (Å²) in [5, 5.41) is 44.7. The van der Waals surface area contributed by atoms with Crippen molar-refractivity contribution in [2.45, 2.75) is 42.6 Å². The Hall–Kier alpha value is -3.41. The first-order valence-corrected chi connectivity index (χ1v) is 12.7. The van der Waals surface area contributed by atoms with Gasteiger partial charge in [0.1, 0.15) is 35.7 Å². The molecule has 6 atom stereocenters. The number of hydrogen-bond donors (Lipinski definition) is 4. The predicted molar refractivity (Wildman–Crippen MR) is 126 cm³/mol. The van der Waals surface area contributed by atoms with E-state index in [9.17, 15) is 33.3 Å².